The van der Waals surface area contributed by atoms with Gasteiger partial charge in [0.15, 0.2) is 5.65 Å². The number of hydrogen-bond donors (Lipinski definition) is 2. The number of H-pyrrole nitrogens is 1. The summed E-state index contributed by atoms with van der Waals surface area (Å²) in [7, 11) is 0. The average Bonchev–Trinajstić information content (AvgIpc) is 2.99. The van der Waals surface area contributed by atoms with Crippen LogP contribution in [0, 0.1) is 10.1 Å². The average molecular weight is 412 g/mol. The van der Waals surface area contributed by atoms with Crippen molar-refractivity contribution in [3.63, 3.8) is 0 Å². The van der Waals surface area contributed by atoms with Crippen LogP contribution in [-0.2, 0) is 0 Å². The predicted molar refractivity (Wildman–Crippen MR) is 101 cm³/mol. The number of nitro benzene ring substituents is 1. The predicted octanol–water partition coefficient (Wildman–Crippen LogP) is 3.62. The lowest BCUT2D eigenvalue weighted by molar-refractivity contribution is -0.384. The van der Waals surface area contributed by atoms with Gasteiger partial charge in [0.1, 0.15) is 5.52 Å². The Labute approximate surface area is 154 Å². The van der Waals surface area contributed by atoms with Crippen LogP contribution in [0.1, 0.15) is 5.56 Å². The lowest BCUT2D eigenvalue weighted by Gasteiger charge is -1.97. The van der Waals surface area contributed by atoms with E-state index < -0.39 is 4.92 Å². The van der Waals surface area contributed by atoms with Crippen LogP contribution in [0.5, 0.6) is 0 Å². The molecule has 10 heteroatoms. The minimum absolute atomic E-state index is 0.0264. The SMILES string of the molecule is O=[N+]([O-])c1ccc(/C=N/Nc2nnc3c(n2)[nH]c2ccc(Br)cc23)cc1. The molecule has 0 bridgehead atoms. The van der Waals surface area contributed by atoms with E-state index in [-0.39, 0.29) is 11.6 Å². The van der Waals surface area contributed by atoms with Crippen LogP contribution in [0.25, 0.3) is 22.1 Å². The molecule has 0 unspecified atom stereocenters. The Bertz CT molecular complexity index is 1150. The minimum Gasteiger partial charge on any atom is -0.338 e. The number of nitrogens with one attached hydrogen (secondary N) is 2. The van der Waals surface area contributed by atoms with Gasteiger partial charge in [-0.1, -0.05) is 15.9 Å². The maximum absolute atomic E-state index is 10.6. The second-order valence-corrected chi connectivity index (χ2v) is 6.28. The smallest absolute Gasteiger partial charge is 0.269 e. The number of non-ortho nitro benzene ring substituents is 1. The van der Waals surface area contributed by atoms with Gasteiger partial charge < -0.3 is 4.98 Å². The molecule has 4 rings (SSSR count). The molecule has 0 aliphatic rings. The van der Waals surface area contributed by atoms with Gasteiger partial charge in [-0.25, -0.2) is 5.43 Å². The third-order valence-electron chi connectivity index (χ3n) is 3.66. The summed E-state index contributed by atoms with van der Waals surface area (Å²) in [5, 5.41) is 23.8. The van der Waals surface area contributed by atoms with Gasteiger partial charge in [-0.3, -0.25) is 10.1 Å². The topological polar surface area (TPSA) is 122 Å². The third kappa shape index (κ3) is 3.09. The Balaban J connectivity index is 1.55. The van der Waals surface area contributed by atoms with E-state index in [4.69, 9.17) is 0 Å². The number of nitro groups is 1. The normalized spacial score (nSPS) is 11.4. The fourth-order valence-electron chi connectivity index (χ4n) is 2.44. The van der Waals surface area contributed by atoms with Gasteiger partial charge >= 0.3 is 0 Å². The van der Waals surface area contributed by atoms with Crippen molar-refractivity contribution in [2.45, 2.75) is 0 Å². The van der Waals surface area contributed by atoms with Crippen molar-refractivity contribution >= 4 is 55.8 Å². The van der Waals surface area contributed by atoms with Crippen molar-refractivity contribution in [2.75, 3.05) is 5.43 Å². The van der Waals surface area contributed by atoms with Gasteiger partial charge in [-0.15, -0.1) is 10.2 Å². The number of benzene rings is 2. The Hall–Kier alpha value is -3.40. The van der Waals surface area contributed by atoms with Gasteiger partial charge in [0, 0.05) is 27.5 Å². The Morgan fingerprint density at radius 2 is 2.00 bits per heavy atom. The van der Waals surface area contributed by atoms with Gasteiger partial charge in [0.2, 0.25) is 0 Å². The van der Waals surface area contributed by atoms with Crippen LogP contribution in [0.4, 0.5) is 11.6 Å². The lowest BCUT2D eigenvalue weighted by atomic mass is 10.2. The molecule has 0 aliphatic carbocycles. The number of nitrogens with zero attached hydrogens (tertiary/aromatic N) is 5. The first-order chi connectivity index (χ1) is 12.6. The molecule has 0 radical (unpaired) electrons. The maximum Gasteiger partial charge on any atom is 0.269 e. The molecule has 0 saturated carbocycles. The lowest BCUT2D eigenvalue weighted by Crippen LogP contribution is -1.99. The van der Waals surface area contributed by atoms with Crippen molar-refractivity contribution < 1.29 is 4.92 Å². The van der Waals surface area contributed by atoms with Crippen molar-refractivity contribution in [1.82, 2.24) is 20.2 Å². The molecule has 0 saturated heterocycles. The highest BCUT2D eigenvalue weighted by molar-refractivity contribution is 9.10. The largest absolute Gasteiger partial charge is 0.338 e. The summed E-state index contributed by atoms with van der Waals surface area (Å²) in [5.41, 5.74) is 5.61. The number of hydrogen-bond acceptors (Lipinski definition) is 7. The number of rotatable bonds is 4. The van der Waals surface area contributed by atoms with Gasteiger partial charge in [0.25, 0.3) is 11.6 Å². The molecule has 0 amide bonds. The van der Waals surface area contributed by atoms with Crippen LogP contribution in [-0.4, -0.2) is 31.3 Å². The molecular weight excluding hydrogens is 402 g/mol. The molecule has 0 atom stereocenters. The Morgan fingerprint density at radius 1 is 1.19 bits per heavy atom. The van der Waals surface area contributed by atoms with Crippen LogP contribution in [0.3, 0.4) is 0 Å². The molecule has 9 nitrogen and oxygen atoms in total. The summed E-state index contributed by atoms with van der Waals surface area (Å²) >= 11 is 3.43. The highest BCUT2D eigenvalue weighted by Gasteiger charge is 2.09. The number of aromatic amines is 1. The van der Waals surface area contributed by atoms with Crippen LogP contribution in [0.15, 0.2) is 52.0 Å². The molecule has 26 heavy (non-hydrogen) atoms. The fraction of sp³-hybridized carbons (Fsp3) is 0. The van der Waals surface area contributed by atoms with E-state index in [0.717, 1.165) is 15.4 Å². The molecule has 128 valence electrons. The zero-order chi connectivity index (χ0) is 18.1. The Morgan fingerprint density at radius 3 is 2.77 bits per heavy atom. The molecule has 2 aromatic carbocycles. The van der Waals surface area contributed by atoms with E-state index in [1.165, 1.54) is 18.3 Å². The summed E-state index contributed by atoms with van der Waals surface area (Å²) in [5.74, 6) is 0.237. The first-order valence-corrected chi connectivity index (χ1v) is 8.25. The van der Waals surface area contributed by atoms with E-state index in [2.05, 4.69) is 46.6 Å². The summed E-state index contributed by atoms with van der Waals surface area (Å²) < 4.78 is 0.947. The van der Waals surface area contributed by atoms with E-state index in [1.54, 1.807) is 12.1 Å². The number of halogens is 1. The minimum atomic E-state index is -0.452. The molecule has 2 heterocycles. The second kappa shape index (κ2) is 6.48. The first-order valence-electron chi connectivity index (χ1n) is 7.45. The van der Waals surface area contributed by atoms with Crippen LogP contribution < -0.4 is 5.43 Å². The van der Waals surface area contributed by atoms with E-state index in [1.807, 2.05) is 18.2 Å². The first kappa shape index (κ1) is 16.1. The fourth-order valence-corrected chi connectivity index (χ4v) is 2.80. The summed E-state index contributed by atoms with van der Waals surface area (Å²) in [6, 6.07) is 11.8. The van der Waals surface area contributed by atoms with E-state index in [9.17, 15) is 10.1 Å². The summed E-state index contributed by atoms with van der Waals surface area (Å²) in [6.07, 6.45) is 1.51. The Kier molecular flexibility index (Phi) is 4.01. The molecule has 2 N–H and O–H groups in total. The maximum atomic E-state index is 10.6. The van der Waals surface area contributed by atoms with Gasteiger partial charge in [-0.2, -0.15) is 10.1 Å². The van der Waals surface area contributed by atoms with E-state index in [0.29, 0.717) is 16.7 Å². The number of aromatic nitrogens is 4. The summed E-state index contributed by atoms with van der Waals surface area (Å²) in [4.78, 5) is 17.7. The van der Waals surface area contributed by atoms with Gasteiger partial charge in [0.05, 0.1) is 11.1 Å². The molecule has 0 aliphatic heterocycles. The number of fused-ring (bicyclic) bond motifs is 3. The van der Waals surface area contributed by atoms with Crippen LogP contribution >= 0.6 is 15.9 Å². The zero-order valence-corrected chi connectivity index (χ0v) is 14.6. The van der Waals surface area contributed by atoms with Crippen molar-refractivity contribution in [1.29, 1.82) is 0 Å². The monoisotopic (exact) mass is 411 g/mol. The van der Waals surface area contributed by atoms with Crippen molar-refractivity contribution in [2.24, 2.45) is 5.10 Å². The second-order valence-electron chi connectivity index (χ2n) is 5.37. The molecular formula is C16H10BrN7O2. The molecule has 4 aromatic rings. The highest BCUT2D eigenvalue weighted by Crippen LogP contribution is 2.25. The van der Waals surface area contributed by atoms with Crippen molar-refractivity contribution in [3.05, 3.63) is 62.6 Å². The van der Waals surface area contributed by atoms with E-state index >= 15 is 0 Å². The third-order valence-corrected chi connectivity index (χ3v) is 4.15. The molecule has 0 fully saturated rings. The van der Waals surface area contributed by atoms with Gasteiger partial charge in [-0.05, 0) is 35.9 Å². The highest BCUT2D eigenvalue weighted by atomic mass is 79.9. The zero-order valence-electron chi connectivity index (χ0n) is 13.0. The van der Waals surface area contributed by atoms with Crippen molar-refractivity contribution in [3.8, 4) is 0 Å². The molecule has 0 spiro atoms. The van der Waals surface area contributed by atoms with Crippen LogP contribution in [0.2, 0.25) is 0 Å². The summed E-state index contributed by atoms with van der Waals surface area (Å²) in [6.45, 7) is 0. The number of hydrazone groups is 1. The molecule has 2 aromatic heterocycles. The standard InChI is InChI=1S/C16H10BrN7O2/c17-10-3-6-13-12(7-10)14-15(19-13)20-16(23-21-14)22-18-8-9-1-4-11(5-2-9)24(25)26/h1-8H,(H2,19,20,22,23)/b18-8+. The number of anilines is 1. The quantitative estimate of drug-likeness (QED) is 0.300.